The number of aliphatic carboxylic acids is 1. The highest BCUT2D eigenvalue weighted by Gasteiger charge is 2.33. The number of aromatic nitrogens is 1. The molecule has 4 rings (SSSR count). The number of hydrogen-bond donors (Lipinski definition) is 9. The number of primary amides is 1. The third kappa shape index (κ3) is 14.7. The van der Waals surface area contributed by atoms with Crippen LogP contribution in [0.3, 0.4) is 0 Å². The fourth-order valence-corrected chi connectivity index (χ4v) is 6.72. The van der Waals surface area contributed by atoms with Crippen molar-refractivity contribution in [3.05, 3.63) is 107 Å². The van der Waals surface area contributed by atoms with Crippen molar-refractivity contribution in [1.82, 2.24) is 31.7 Å². The Morgan fingerprint density at radius 3 is 2.00 bits per heavy atom. The Kier molecular flexibility index (Phi) is 18.4. The van der Waals surface area contributed by atoms with Gasteiger partial charge in [-0.2, -0.15) is 0 Å². The van der Waals surface area contributed by atoms with Gasteiger partial charge >= 0.3 is 5.97 Å². The molecule has 10 N–H and O–H groups in total. The van der Waals surface area contributed by atoms with Gasteiger partial charge in [0.2, 0.25) is 35.4 Å². The minimum atomic E-state index is -1.49. The summed E-state index contributed by atoms with van der Waals surface area (Å²) in [5, 5.41) is 29.9. The maximum atomic E-state index is 14.3. The summed E-state index contributed by atoms with van der Waals surface area (Å²) in [5.41, 5.74) is 9.74. The molecule has 1 aromatic heterocycles. The van der Waals surface area contributed by atoms with Crippen molar-refractivity contribution < 1.29 is 48.7 Å². The normalized spacial score (nSPS) is 12.7. The standard InChI is InChI=1S/C45H51N7O10/c1-2-3-5-17-38(53)47-22-11-10-16-35(42(46)58)49-44(60)36(23-28-18-20-30(21-19-28)41(57)29-12-6-4-7-13-29)51-45(61)37(24-32-27-48-34-15-9-8-14-33(32)34)50-43(59)31(26-40(55)56)25-39(54)52-62/h1,4,6-9,12-15,18-21,27,31,35-37,48,62H,3,5,10-11,16-17,22-26H2,(H2,46,58)(H,47,53)(H,49,60)(H,50,59)(H,51,61)(H,52,54)(H,55,56)/t31-,35+,36+,37+/m1/s1. The van der Waals surface area contributed by atoms with Crippen molar-refractivity contribution >= 4 is 58.1 Å². The second kappa shape index (κ2) is 24.1. The Balaban J connectivity index is 1.60. The number of carboxylic acids is 1. The second-order valence-corrected chi connectivity index (χ2v) is 14.7. The largest absolute Gasteiger partial charge is 0.481 e. The van der Waals surface area contributed by atoms with Gasteiger partial charge in [0.25, 0.3) is 0 Å². The van der Waals surface area contributed by atoms with E-state index in [-0.39, 0.29) is 37.4 Å². The lowest BCUT2D eigenvalue weighted by atomic mass is 9.97. The van der Waals surface area contributed by atoms with E-state index in [4.69, 9.17) is 17.4 Å². The molecule has 0 fully saturated rings. The first-order valence-corrected chi connectivity index (χ1v) is 20.1. The number of ketones is 1. The monoisotopic (exact) mass is 849 g/mol. The summed E-state index contributed by atoms with van der Waals surface area (Å²) in [7, 11) is 0. The molecule has 0 saturated carbocycles. The number of carbonyl (C=O) groups is 8. The minimum Gasteiger partial charge on any atom is -0.481 e. The van der Waals surface area contributed by atoms with Crippen molar-refractivity contribution in [3.63, 3.8) is 0 Å². The highest BCUT2D eigenvalue weighted by molar-refractivity contribution is 6.09. The molecule has 326 valence electrons. The molecule has 17 heteroatoms. The van der Waals surface area contributed by atoms with E-state index in [9.17, 15) is 43.5 Å². The Bertz CT molecular complexity index is 2250. The van der Waals surface area contributed by atoms with Crippen molar-refractivity contribution in [3.8, 4) is 12.3 Å². The summed E-state index contributed by atoms with van der Waals surface area (Å²) < 4.78 is 0. The lowest BCUT2D eigenvalue weighted by Gasteiger charge is -2.26. The molecule has 0 aliphatic heterocycles. The van der Waals surface area contributed by atoms with Crippen LogP contribution in [-0.2, 0) is 46.4 Å². The maximum absolute atomic E-state index is 14.3. The molecule has 0 bridgehead atoms. The lowest BCUT2D eigenvalue weighted by molar-refractivity contribution is -0.143. The van der Waals surface area contributed by atoms with Gasteiger partial charge in [-0.15, -0.1) is 12.3 Å². The number of nitrogens with one attached hydrogen (secondary N) is 6. The molecule has 0 unspecified atom stereocenters. The first kappa shape index (κ1) is 47.4. The molecule has 0 saturated heterocycles. The highest BCUT2D eigenvalue weighted by Crippen LogP contribution is 2.21. The van der Waals surface area contributed by atoms with Crippen LogP contribution in [-0.4, -0.2) is 87.2 Å². The minimum absolute atomic E-state index is 0.108. The van der Waals surface area contributed by atoms with Crippen LogP contribution in [0.15, 0.2) is 85.1 Å². The number of nitrogens with two attached hydrogens (primary N) is 1. The molecule has 0 aliphatic rings. The number of para-hydroxylation sites is 1. The van der Waals surface area contributed by atoms with Crippen LogP contribution in [0.5, 0.6) is 0 Å². The molecule has 0 aliphatic carbocycles. The number of carboxylic acid groups (broad SMARTS) is 1. The smallest absolute Gasteiger partial charge is 0.304 e. The average molecular weight is 850 g/mol. The Morgan fingerprint density at radius 1 is 0.710 bits per heavy atom. The first-order valence-electron chi connectivity index (χ1n) is 20.1. The molecule has 1 heterocycles. The van der Waals surface area contributed by atoms with Crippen LogP contribution >= 0.6 is 0 Å². The number of fused-ring (bicyclic) bond motifs is 1. The van der Waals surface area contributed by atoms with E-state index in [1.165, 1.54) is 5.48 Å². The highest BCUT2D eigenvalue weighted by atomic mass is 16.5. The zero-order valence-electron chi connectivity index (χ0n) is 34.0. The number of hydroxylamine groups is 1. The van der Waals surface area contributed by atoms with Gasteiger partial charge < -0.3 is 37.1 Å². The quantitative estimate of drug-likeness (QED) is 0.0154. The predicted octanol–water partition coefficient (Wildman–Crippen LogP) is 2.20. The van der Waals surface area contributed by atoms with Gasteiger partial charge in [0, 0.05) is 66.9 Å². The van der Waals surface area contributed by atoms with E-state index in [1.54, 1.807) is 85.1 Å². The van der Waals surface area contributed by atoms with Crippen LogP contribution < -0.4 is 32.5 Å². The topological polar surface area (TPSA) is 279 Å². The molecule has 0 radical (unpaired) electrons. The van der Waals surface area contributed by atoms with Gasteiger partial charge in [-0.1, -0.05) is 72.8 Å². The third-order valence-corrected chi connectivity index (χ3v) is 10.0. The van der Waals surface area contributed by atoms with Crippen molar-refractivity contribution in [1.29, 1.82) is 0 Å². The van der Waals surface area contributed by atoms with E-state index in [2.05, 4.69) is 32.2 Å². The van der Waals surface area contributed by atoms with Crippen LogP contribution in [0.1, 0.15) is 78.4 Å². The molecular weight excluding hydrogens is 799 g/mol. The zero-order valence-corrected chi connectivity index (χ0v) is 34.0. The number of terminal acetylenes is 1. The third-order valence-electron chi connectivity index (χ3n) is 10.0. The fourth-order valence-electron chi connectivity index (χ4n) is 6.72. The Hall–Kier alpha value is -7.32. The van der Waals surface area contributed by atoms with E-state index in [0.29, 0.717) is 59.9 Å². The van der Waals surface area contributed by atoms with Gasteiger partial charge in [-0.05, 0) is 42.9 Å². The van der Waals surface area contributed by atoms with Crippen molar-refractivity contribution in [2.75, 3.05) is 6.54 Å². The second-order valence-electron chi connectivity index (χ2n) is 14.7. The summed E-state index contributed by atoms with van der Waals surface area (Å²) in [5.74, 6) is -5.34. The zero-order chi connectivity index (χ0) is 45.0. The van der Waals surface area contributed by atoms with E-state index >= 15 is 0 Å². The maximum Gasteiger partial charge on any atom is 0.304 e. The first-order chi connectivity index (χ1) is 29.8. The van der Waals surface area contributed by atoms with Gasteiger partial charge in [-0.25, -0.2) is 5.48 Å². The Morgan fingerprint density at radius 2 is 1.34 bits per heavy atom. The van der Waals surface area contributed by atoms with Gasteiger partial charge in [-0.3, -0.25) is 43.6 Å². The van der Waals surface area contributed by atoms with Gasteiger partial charge in [0.15, 0.2) is 5.78 Å². The van der Waals surface area contributed by atoms with Crippen LogP contribution in [0.4, 0.5) is 0 Å². The molecule has 62 heavy (non-hydrogen) atoms. The molecule has 17 nitrogen and oxygen atoms in total. The number of H-pyrrole nitrogens is 1. The van der Waals surface area contributed by atoms with Crippen LogP contribution in [0.25, 0.3) is 10.9 Å². The summed E-state index contributed by atoms with van der Waals surface area (Å²) in [6, 6.07) is 18.2. The number of benzene rings is 3. The lowest BCUT2D eigenvalue weighted by Crippen LogP contribution is -2.58. The van der Waals surface area contributed by atoms with Crippen LogP contribution in [0.2, 0.25) is 0 Å². The summed E-state index contributed by atoms with van der Waals surface area (Å²) >= 11 is 0. The number of aromatic amines is 1. The fraction of sp³-hybridized carbons (Fsp3) is 0.333. The molecular formula is C45H51N7O10. The number of rotatable bonds is 25. The molecule has 6 amide bonds. The summed E-state index contributed by atoms with van der Waals surface area (Å²) in [6.45, 7) is 0.317. The van der Waals surface area contributed by atoms with E-state index < -0.39 is 72.4 Å². The average Bonchev–Trinajstić information content (AvgIpc) is 3.67. The molecule has 0 spiro atoms. The molecule has 3 aromatic carbocycles. The van der Waals surface area contributed by atoms with Crippen molar-refractivity contribution in [2.45, 2.75) is 82.3 Å². The Labute approximate surface area is 357 Å². The number of carbonyl (C=O) groups excluding carboxylic acids is 7. The predicted molar refractivity (Wildman–Crippen MR) is 227 cm³/mol. The number of amides is 6. The number of hydrogen-bond acceptors (Lipinski definition) is 9. The van der Waals surface area contributed by atoms with E-state index in [1.807, 2.05) is 0 Å². The molecule has 4 aromatic rings. The summed E-state index contributed by atoms with van der Waals surface area (Å²) in [6.07, 6.45) is 7.32. The summed E-state index contributed by atoms with van der Waals surface area (Å²) in [4.78, 5) is 107. The number of unbranched alkanes of at least 4 members (excludes halogenated alkanes) is 2. The van der Waals surface area contributed by atoms with Gasteiger partial charge in [0.1, 0.15) is 18.1 Å². The van der Waals surface area contributed by atoms with Crippen molar-refractivity contribution in [2.24, 2.45) is 11.7 Å². The van der Waals surface area contributed by atoms with E-state index in [0.717, 1.165) is 5.52 Å². The molecule has 4 atom stereocenters. The SMILES string of the molecule is C#CCCCC(=O)NCCCC[C@H](NC(=O)[C@H](Cc1ccc(C(=O)c2ccccc2)cc1)NC(=O)[C@H](Cc1c[nH]c2ccccc12)NC(=O)[C@@H](CC(=O)O)CC(=O)NO)C(N)=O. The van der Waals surface area contributed by atoms with Crippen LogP contribution in [0, 0.1) is 18.3 Å². The van der Waals surface area contributed by atoms with Gasteiger partial charge in [0.05, 0.1) is 12.3 Å².